The van der Waals surface area contributed by atoms with Gasteiger partial charge in [-0.05, 0) is 67.6 Å². The monoisotopic (exact) mass is 556 g/mol. The Morgan fingerprint density at radius 2 is 1.65 bits per heavy atom. The van der Waals surface area contributed by atoms with Gasteiger partial charge in [-0.2, -0.15) is 5.10 Å². The second kappa shape index (κ2) is 9.38. The van der Waals surface area contributed by atoms with Gasteiger partial charge in [-0.1, -0.05) is 12.1 Å². The number of amides is 2. The molecule has 3 aromatic carbocycles. The number of fused-ring (bicyclic) bond motifs is 2. The molecular formula is C29H21FN4O5S. The number of carbonyl (C=O) groups is 2. The van der Waals surface area contributed by atoms with Crippen LogP contribution in [0.5, 0.6) is 5.75 Å². The zero-order valence-corrected chi connectivity index (χ0v) is 22.1. The predicted molar refractivity (Wildman–Crippen MR) is 145 cm³/mol. The van der Waals surface area contributed by atoms with Crippen LogP contribution in [0.1, 0.15) is 39.3 Å². The van der Waals surface area contributed by atoms with Crippen molar-refractivity contribution in [3.63, 3.8) is 0 Å². The van der Waals surface area contributed by atoms with Crippen LogP contribution in [0.4, 0.5) is 10.2 Å². The van der Waals surface area contributed by atoms with Gasteiger partial charge in [0.2, 0.25) is 0 Å². The number of nitrogens with zero attached hydrogens (tertiary/aromatic N) is 4. The van der Waals surface area contributed by atoms with E-state index in [2.05, 4.69) is 10.1 Å². The molecule has 0 radical (unpaired) electrons. The maximum Gasteiger partial charge on any atom is 0.267 e. The summed E-state index contributed by atoms with van der Waals surface area (Å²) >= 11 is 0. The Morgan fingerprint density at radius 1 is 0.925 bits per heavy atom. The van der Waals surface area contributed by atoms with Gasteiger partial charge >= 0.3 is 0 Å². The van der Waals surface area contributed by atoms with E-state index in [9.17, 15) is 22.4 Å². The molecule has 11 heteroatoms. The van der Waals surface area contributed by atoms with Crippen LogP contribution in [0.25, 0.3) is 16.6 Å². The lowest BCUT2D eigenvalue weighted by Crippen LogP contribution is -2.31. The number of halogens is 1. The van der Waals surface area contributed by atoms with Crippen LogP contribution in [0.15, 0.2) is 90.1 Å². The average molecular weight is 557 g/mol. The standard InChI is InChI=1S/C29H21FN4O5S/c1-17(23-16-20(40(2,37)38)9-11-25(23)33-13-5-12-31-33)39-26-15-18-14-19(30)8-10-24(18)32-27(26)34-28(35)21-6-3-4-7-22(21)29(34)36/h3-17H,1-2H3. The molecule has 0 fully saturated rings. The number of benzene rings is 3. The van der Waals surface area contributed by atoms with Gasteiger partial charge in [-0.3, -0.25) is 9.59 Å². The van der Waals surface area contributed by atoms with E-state index in [4.69, 9.17) is 4.74 Å². The Labute approximate surface area is 228 Å². The Kier molecular flexibility index (Phi) is 5.95. The molecular weight excluding hydrogens is 535 g/mol. The third-order valence-electron chi connectivity index (χ3n) is 6.65. The van der Waals surface area contributed by atoms with Gasteiger partial charge in [0.25, 0.3) is 11.8 Å². The molecule has 40 heavy (non-hydrogen) atoms. The van der Waals surface area contributed by atoms with Crippen LogP contribution in [0.3, 0.4) is 0 Å². The molecule has 0 saturated heterocycles. The van der Waals surface area contributed by atoms with Crippen molar-refractivity contribution < 1.29 is 27.1 Å². The summed E-state index contributed by atoms with van der Waals surface area (Å²) in [5.74, 6) is -1.65. The third-order valence-corrected chi connectivity index (χ3v) is 7.76. The average Bonchev–Trinajstić information content (AvgIpc) is 3.55. The summed E-state index contributed by atoms with van der Waals surface area (Å²) in [6, 6.07) is 18.2. The molecule has 0 spiro atoms. The van der Waals surface area contributed by atoms with Gasteiger partial charge < -0.3 is 4.74 Å². The van der Waals surface area contributed by atoms with Gasteiger partial charge in [0.1, 0.15) is 11.9 Å². The highest BCUT2D eigenvalue weighted by molar-refractivity contribution is 7.90. The molecule has 1 aliphatic rings. The van der Waals surface area contributed by atoms with E-state index >= 15 is 0 Å². The number of pyridine rings is 1. The van der Waals surface area contributed by atoms with Crippen molar-refractivity contribution in [2.75, 3.05) is 11.2 Å². The summed E-state index contributed by atoms with van der Waals surface area (Å²) in [7, 11) is -3.55. The van der Waals surface area contributed by atoms with Crippen molar-refractivity contribution in [2.45, 2.75) is 17.9 Å². The number of aromatic nitrogens is 3. The lowest BCUT2D eigenvalue weighted by Gasteiger charge is -2.23. The lowest BCUT2D eigenvalue weighted by atomic mass is 10.1. The first-order valence-corrected chi connectivity index (χ1v) is 14.1. The van der Waals surface area contributed by atoms with Crippen LogP contribution < -0.4 is 9.64 Å². The third kappa shape index (κ3) is 4.30. The second-order valence-corrected chi connectivity index (χ2v) is 11.4. The van der Waals surface area contributed by atoms with Crippen molar-refractivity contribution in [2.24, 2.45) is 0 Å². The molecule has 1 atom stereocenters. The minimum Gasteiger partial charge on any atom is -0.482 e. The summed E-state index contributed by atoms with van der Waals surface area (Å²) in [5.41, 5.74) is 1.85. The number of imide groups is 1. The van der Waals surface area contributed by atoms with Crippen molar-refractivity contribution >= 4 is 38.4 Å². The van der Waals surface area contributed by atoms with Crippen LogP contribution in [0.2, 0.25) is 0 Å². The summed E-state index contributed by atoms with van der Waals surface area (Å²) < 4.78 is 46.7. The zero-order valence-electron chi connectivity index (χ0n) is 21.3. The second-order valence-electron chi connectivity index (χ2n) is 9.34. The van der Waals surface area contributed by atoms with Crippen molar-refractivity contribution in [3.8, 4) is 11.4 Å². The molecule has 6 rings (SSSR count). The smallest absolute Gasteiger partial charge is 0.267 e. The lowest BCUT2D eigenvalue weighted by molar-refractivity contribution is 0.0922. The molecule has 0 aliphatic carbocycles. The molecule has 9 nitrogen and oxygen atoms in total. The summed E-state index contributed by atoms with van der Waals surface area (Å²) in [5, 5.41) is 4.65. The molecule has 0 N–H and O–H groups in total. The Bertz CT molecular complexity index is 1900. The van der Waals surface area contributed by atoms with E-state index in [0.29, 0.717) is 22.2 Å². The molecule has 1 aliphatic heterocycles. The van der Waals surface area contributed by atoms with E-state index in [0.717, 1.165) is 11.2 Å². The van der Waals surface area contributed by atoms with Crippen molar-refractivity contribution in [1.82, 2.24) is 14.8 Å². The molecule has 3 heterocycles. The van der Waals surface area contributed by atoms with Gasteiger partial charge in [-0.15, -0.1) is 0 Å². The fourth-order valence-electron chi connectivity index (χ4n) is 4.71. The first-order valence-electron chi connectivity index (χ1n) is 12.2. The van der Waals surface area contributed by atoms with Crippen LogP contribution in [-0.2, 0) is 9.84 Å². The van der Waals surface area contributed by atoms with Gasteiger partial charge in [-0.25, -0.2) is 27.4 Å². The Morgan fingerprint density at radius 3 is 2.30 bits per heavy atom. The maximum absolute atomic E-state index is 14.1. The Balaban J connectivity index is 1.50. The molecule has 5 aromatic rings. The largest absolute Gasteiger partial charge is 0.482 e. The van der Waals surface area contributed by atoms with Gasteiger partial charge in [0, 0.05) is 29.6 Å². The topological polar surface area (TPSA) is 111 Å². The molecule has 200 valence electrons. The number of rotatable bonds is 6. The number of anilines is 1. The molecule has 0 saturated carbocycles. The van der Waals surface area contributed by atoms with Crippen LogP contribution in [0, 0.1) is 5.82 Å². The highest BCUT2D eigenvalue weighted by Gasteiger charge is 2.39. The molecule has 2 amide bonds. The molecule has 2 aromatic heterocycles. The number of sulfone groups is 1. The number of ether oxygens (including phenoxy) is 1. The normalized spacial score (nSPS) is 14.0. The quantitative estimate of drug-likeness (QED) is 0.274. The van der Waals surface area contributed by atoms with Gasteiger partial charge in [0.15, 0.2) is 21.4 Å². The fourth-order valence-corrected chi connectivity index (χ4v) is 5.37. The Hall–Kier alpha value is -4.90. The van der Waals surface area contributed by atoms with E-state index in [1.165, 1.54) is 36.4 Å². The summed E-state index contributed by atoms with van der Waals surface area (Å²) in [6.45, 7) is 1.69. The minimum absolute atomic E-state index is 0.0382. The first-order chi connectivity index (χ1) is 19.1. The van der Waals surface area contributed by atoms with Crippen molar-refractivity contribution in [1.29, 1.82) is 0 Å². The molecule has 0 bridgehead atoms. The first kappa shape index (κ1) is 25.4. The van der Waals surface area contributed by atoms with Crippen LogP contribution >= 0.6 is 0 Å². The summed E-state index contributed by atoms with van der Waals surface area (Å²) in [4.78, 5) is 32.2. The number of hydrogen-bond acceptors (Lipinski definition) is 7. The van der Waals surface area contributed by atoms with Gasteiger partial charge in [0.05, 0.1) is 27.2 Å². The predicted octanol–water partition coefficient (Wildman–Crippen LogP) is 4.90. The highest BCUT2D eigenvalue weighted by Crippen LogP contribution is 2.39. The SMILES string of the molecule is CC(Oc1cc2cc(F)ccc2nc1N1C(=O)c2ccccc2C1=O)c1cc(S(C)(=O)=O)ccc1-n1cccn1. The number of carbonyl (C=O) groups excluding carboxylic acids is 2. The minimum atomic E-state index is -3.55. The fraction of sp³-hybridized carbons (Fsp3) is 0.103. The van der Waals surface area contributed by atoms with Crippen LogP contribution in [-0.4, -0.2) is 41.3 Å². The zero-order chi connectivity index (χ0) is 28.2. The van der Waals surface area contributed by atoms with E-state index in [-0.39, 0.29) is 27.6 Å². The van der Waals surface area contributed by atoms with E-state index in [1.54, 1.807) is 60.4 Å². The highest BCUT2D eigenvalue weighted by atomic mass is 32.2. The number of hydrogen-bond donors (Lipinski definition) is 0. The summed E-state index contributed by atoms with van der Waals surface area (Å²) in [6.07, 6.45) is 3.58. The van der Waals surface area contributed by atoms with E-state index in [1.807, 2.05) is 0 Å². The van der Waals surface area contributed by atoms with Crippen molar-refractivity contribution in [3.05, 3.63) is 108 Å². The maximum atomic E-state index is 14.1. The molecule has 1 unspecified atom stereocenters. The van der Waals surface area contributed by atoms with E-state index < -0.39 is 33.6 Å².